The van der Waals surface area contributed by atoms with Gasteiger partial charge in [-0.2, -0.15) is 4.31 Å². The van der Waals surface area contributed by atoms with Crippen molar-refractivity contribution in [3.8, 4) is 11.5 Å². The summed E-state index contributed by atoms with van der Waals surface area (Å²) < 4.78 is 37.3. The van der Waals surface area contributed by atoms with Crippen LogP contribution in [0.3, 0.4) is 0 Å². The van der Waals surface area contributed by atoms with Gasteiger partial charge in [0, 0.05) is 31.0 Å². The van der Waals surface area contributed by atoms with E-state index in [0.29, 0.717) is 35.3 Å². The van der Waals surface area contributed by atoms with Crippen LogP contribution in [0.4, 0.5) is 5.69 Å². The topological polar surface area (TPSA) is 97.8 Å². The van der Waals surface area contributed by atoms with Crippen LogP contribution < -0.4 is 14.8 Å². The number of hydrogen-bond acceptors (Lipinski definition) is 7. The lowest BCUT2D eigenvalue weighted by Gasteiger charge is -2.25. The van der Waals surface area contributed by atoms with Crippen LogP contribution in [-0.4, -0.2) is 49.2 Å². The van der Waals surface area contributed by atoms with E-state index in [2.05, 4.69) is 10.3 Å². The van der Waals surface area contributed by atoms with Crippen LogP contribution >= 0.6 is 11.8 Å². The third-order valence-electron chi connectivity index (χ3n) is 4.67. The lowest BCUT2D eigenvalue weighted by Crippen LogP contribution is -2.35. The molecular weight excluding hydrogens is 414 g/mol. The molecule has 1 saturated heterocycles. The number of fused-ring (bicyclic) bond motifs is 1. The largest absolute Gasteiger partial charge is 0.454 e. The fourth-order valence-corrected chi connectivity index (χ4v) is 5.28. The van der Waals surface area contributed by atoms with Gasteiger partial charge in [-0.05, 0) is 37.1 Å². The van der Waals surface area contributed by atoms with Crippen molar-refractivity contribution in [2.75, 3.05) is 31.0 Å². The predicted molar refractivity (Wildman–Crippen MR) is 109 cm³/mol. The number of sulfonamides is 1. The van der Waals surface area contributed by atoms with E-state index in [9.17, 15) is 13.2 Å². The first-order valence-corrected chi connectivity index (χ1v) is 11.7. The first-order chi connectivity index (χ1) is 14.0. The summed E-state index contributed by atoms with van der Waals surface area (Å²) in [6.45, 7) is 1.29. The van der Waals surface area contributed by atoms with Crippen LogP contribution in [0.25, 0.3) is 0 Å². The Bertz CT molecular complexity index is 989. The second kappa shape index (κ2) is 8.60. The smallest absolute Gasteiger partial charge is 0.244 e. The minimum absolute atomic E-state index is 0.152. The van der Waals surface area contributed by atoms with Crippen LogP contribution in [0, 0.1) is 0 Å². The van der Waals surface area contributed by atoms with E-state index < -0.39 is 10.0 Å². The van der Waals surface area contributed by atoms with Gasteiger partial charge in [-0.3, -0.25) is 4.79 Å². The zero-order chi connectivity index (χ0) is 20.3. The van der Waals surface area contributed by atoms with Gasteiger partial charge < -0.3 is 14.8 Å². The fourth-order valence-electron chi connectivity index (χ4n) is 3.17. The van der Waals surface area contributed by atoms with Gasteiger partial charge in [0.1, 0.15) is 4.90 Å². The Morgan fingerprint density at radius 3 is 2.66 bits per heavy atom. The number of carbonyl (C=O) groups excluding carboxylic acids is 1. The van der Waals surface area contributed by atoms with E-state index in [1.807, 2.05) is 0 Å². The molecule has 1 amide bonds. The molecule has 29 heavy (non-hydrogen) atoms. The van der Waals surface area contributed by atoms with Crippen molar-refractivity contribution in [2.24, 2.45) is 0 Å². The minimum Gasteiger partial charge on any atom is -0.454 e. The Hall–Kier alpha value is -2.30. The molecule has 1 aromatic heterocycles. The highest BCUT2D eigenvalue weighted by Crippen LogP contribution is 2.34. The van der Waals surface area contributed by atoms with Gasteiger partial charge in [0.05, 0.1) is 10.8 Å². The molecule has 0 unspecified atom stereocenters. The van der Waals surface area contributed by atoms with Gasteiger partial charge in [0.2, 0.25) is 22.7 Å². The molecule has 8 nitrogen and oxygen atoms in total. The van der Waals surface area contributed by atoms with Crippen LogP contribution in [-0.2, 0) is 14.8 Å². The van der Waals surface area contributed by atoms with Crippen molar-refractivity contribution in [1.82, 2.24) is 9.29 Å². The standard InChI is InChI=1S/C19H21N3O5S2/c23-18(21-14-4-6-16-17(10-14)27-13-26-16)12-28-19-7-5-15(11-20-19)29(24,25)22-8-2-1-3-9-22/h4-7,10-11H,1-3,8-9,12-13H2,(H,21,23). The van der Waals surface area contributed by atoms with Crippen molar-refractivity contribution in [1.29, 1.82) is 0 Å². The molecule has 0 spiro atoms. The number of piperidine rings is 1. The van der Waals surface area contributed by atoms with Gasteiger partial charge in [0.15, 0.2) is 11.5 Å². The molecule has 0 saturated carbocycles. The predicted octanol–water partition coefficient (Wildman–Crippen LogP) is 2.72. The Morgan fingerprint density at radius 2 is 1.90 bits per heavy atom. The van der Waals surface area contributed by atoms with Crippen LogP contribution in [0.5, 0.6) is 11.5 Å². The number of rotatable bonds is 6. The molecular formula is C19H21N3O5S2. The zero-order valence-corrected chi connectivity index (χ0v) is 17.3. The minimum atomic E-state index is -3.50. The molecule has 0 atom stereocenters. The summed E-state index contributed by atoms with van der Waals surface area (Å²) in [6, 6.07) is 8.39. The van der Waals surface area contributed by atoms with Crippen molar-refractivity contribution >= 4 is 33.4 Å². The molecule has 0 bridgehead atoms. The molecule has 2 aliphatic heterocycles. The Kier molecular flexibility index (Phi) is 5.93. The van der Waals surface area contributed by atoms with Crippen LogP contribution in [0.1, 0.15) is 19.3 Å². The van der Waals surface area contributed by atoms with E-state index in [1.165, 1.54) is 22.3 Å². The maximum atomic E-state index is 12.6. The highest BCUT2D eigenvalue weighted by Gasteiger charge is 2.26. The van der Waals surface area contributed by atoms with Gasteiger partial charge in [-0.25, -0.2) is 13.4 Å². The quantitative estimate of drug-likeness (QED) is 0.697. The van der Waals surface area contributed by atoms with Crippen molar-refractivity contribution < 1.29 is 22.7 Å². The van der Waals surface area contributed by atoms with E-state index in [-0.39, 0.29) is 23.3 Å². The van der Waals surface area contributed by atoms with E-state index in [1.54, 1.807) is 30.3 Å². The SMILES string of the molecule is O=C(CSc1ccc(S(=O)(=O)N2CCCCC2)cn1)Nc1ccc2c(c1)OCO2. The van der Waals surface area contributed by atoms with E-state index >= 15 is 0 Å². The maximum absolute atomic E-state index is 12.6. The Balaban J connectivity index is 1.32. The molecule has 0 aliphatic carbocycles. The van der Waals surface area contributed by atoms with Gasteiger partial charge >= 0.3 is 0 Å². The van der Waals surface area contributed by atoms with E-state index in [4.69, 9.17) is 9.47 Å². The first kappa shape index (κ1) is 20.0. The third kappa shape index (κ3) is 4.65. The summed E-state index contributed by atoms with van der Waals surface area (Å²) in [5.41, 5.74) is 0.621. The second-order valence-corrected chi connectivity index (χ2v) is 9.64. The number of hydrogen-bond donors (Lipinski definition) is 1. The molecule has 1 N–H and O–H groups in total. The summed E-state index contributed by atoms with van der Waals surface area (Å²) >= 11 is 1.24. The van der Waals surface area contributed by atoms with Crippen molar-refractivity contribution in [2.45, 2.75) is 29.2 Å². The summed E-state index contributed by atoms with van der Waals surface area (Å²) in [7, 11) is -3.50. The molecule has 10 heteroatoms. The maximum Gasteiger partial charge on any atom is 0.244 e. The summed E-state index contributed by atoms with van der Waals surface area (Å²) in [5, 5.41) is 3.38. The molecule has 154 valence electrons. The normalized spacial score (nSPS) is 16.6. The average molecular weight is 436 g/mol. The highest BCUT2D eigenvalue weighted by molar-refractivity contribution is 7.99. The number of pyridine rings is 1. The first-order valence-electron chi connectivity index (χ1n) is 9.31. The molecule has 4 rings (SSSR count). The highest BCUT2D eigenvalue weighted by atomic mass is 32.2. The molecule has 1 aromatic carbocycles. The number of benzene rings is 1. The van der Waals surface area contributed by atoms with Crippen LogP contribution in [0.2, 0.25) is 0 Å². The fraction of sp³-hybridized carbons (Fsp3) is 0.368. The lowest BCUT2D eigenvalue weighted by molar-refractivity contribution is -0.113. The molecule has 0 radical (unpaired) electrons. The number of carbonyl (C=O) groups is 1. The molecule has 2 aromatic rings. The van der Waals surface area contributed by atoms with E-state index in [0.717, 1.165) is 19.3 Å². The summed E-state index contributed by atoms with van der Waals surface area (Å²) in [4.78, 5) is 16.6. The molecule has 1 fully saturated rings. The third-order valence-corrected chi connectivity index (χ3v) is 7.50. The number of amides is 1. The average Bonchev–Trinajstić information content (AvgIpc) is 3.21. The van der Waals surface area contributed by atoms with Gasteiger partial charge in [-0.1, -0.05) is 18.2 Å². The lowest BCUT2D eigenvalue weighted by atomic mass is 10.2. The van der Waals surface area contributed by atoms with Gasteiger partial charge in [0.25, 0.3) is 0 Å². The Labute approximate surface area is 173 Å². The van der Waals surface area contributed by atoms with Gasteiger partial charge in [-0.15, -0.1) is 0 Å². The monoisotopic (exact) mass is 435 g/mol. The number of thioether (sulfide) groups is 1. The zero-order valence-electron chi connectivity index (χ0n) is 15.7. The van der Waals surface area contributed by atoms with Crippen LogP contribution in [0.15, 0.2) is 46.5 Å². The Morgan fingerprint density at radius 1 is 1.10 bits per heavy atom. The van der Waals surface area contributed by atoms with Crippen molar-refractivity contribution in [3.05, 3.63) is 36.5 Å². The number of ether oxygens (including phenoxy) is 2. The second-order valence-electron chi connectivity index (χ2n) is 6.70. The molecule has 3 heterocycles. The summed E-state index contributed by atoms with van der Waals surface area (Å²) in [5.74, 6) is 1.21. The number of anilines is 1. The summed E-state index contributed by atoms with van der Waals surface area (Å²) in [6.07, 6.45) is 4.20. The van der Waals surface area contributed by atoms with Crippen molar-refractivity contribution in [3.63, 3.8) is 0 Å². The number of nitrogens with one attached hydrogen (secondary N) is 1. The molecule has 2 aliphatic rings. The number of aromatic nitrogens is 1. The number of nitrogens with zero attached hydrogens (tertiary/aromatic N) is 2.